The van der Waals surface area contributed by atoms with Gasteiger partial charge in [0.2, 0.25) is 0 Å². The Kier molecular flexibility index (Phi) is 11.0. The number of carboxylic acids is 1. The second-order valence-corrected chi connectivity index (χ2v) is 7.05. The highest BCUT2D eigenvalue weighted by atomic mass is 16.4. The van der Waals surface area contributed by atoms with Gasteiger partial charge in [-0.05, 0) is 50.3 Å². The molecular weight excluding hydrogens is 312 g/mol. The number of aryl methyl sites for hydroxylation is 1. The van der Waals surface area contributed by atoms with Crippen molar-refractivity contribution in [3.63, 3.8) is 0 Å². The molecule has 0 atom stereocenters. The van der Waals surface area contributed by atoms with Crippen LogP contribution < -0.4 is 0 Å². The lowest BCUT2D eigenvalue weighted by Crippen LogP contribution is -1.93. The molecule has 0 saturated carbocycles. The minimum Gasteiger partial charge on any atom is -0.481 e. The second-order valence-electron chi connectivity index (χ2n) is 7.05. The Morgan fingerprint density at radius 2 is 1.56 bits per heavy atom. The summed E-state index contributed by atoms with van der Waals surface area (Å²) in [5, 5.41) is 8.59. The van der Waals surface area contributed by atoms with Gasteiger partial charge in [0.05, 0.1) is 0 Å². The van der Waals surface area contributed by atoms with Crippen LogP contribution in [0.3, 0.4) is 0 Å². The average molecular weight is 349 g/mol. The largest absolute Gasteiger partial charge is 0.481 e. The van der Waals surface area contributed by atoms with Crippen molar-refractivity contribution in [1.29, 1.82) is 0 Å². The fourth-order valence-electron chi connectivity index (χ4n) is 3.06. The van der Waals surface area contributed by atoms with Crippen LogP contribution in [0.5, 0.6) is 0 Å². The number of unbranched alkanes of at least 4 members (excludes halogenated alkanes) is 8. The Bertz CT molecular complexity index is 526. The summed E-state index contributed by atoms with van der Waals surface area (Å²) in [4.78, 5) is 10.4. The van der Waals surface area contributed by atoms with E-state index in [1.807, 2.05) is 0 Å². The molecular formula is C22H36O3. The fourth-order valence-corrected chi connectivity index (χ4v) is 3.06. The third-order valence-corrected chi connectivity index (χ3v) is 4.85. The summed E-state index contributed by atoms with van der Waals surface area (Å²) in [5.41, 5.74) is 2.60. The number of aliphatic carboxylic acids is 1. The van der Waals surface area contributed by atoms with Gasteiger partial charge in [-0.2, -0.15) is 0 Å². The van der Waals surface area contributed by atoms with Crippen LogP contribution in [0.4, 0.5) is 0 Å². The molecule has 25 heavy (non-hydrogen) atoms. The molecule has 0 saturated heterocycles. The van der Waals surface area contributed by atoms with E-state index >= 15 is 0 Å². The predicted octanol–water partition coefficient (Wildman–Crippen LogP) is 6.85. The molecule has 142 valence electrons. The summed E-state index contributed by atoms with van der Waals surface area (Å²) in [5.74, 6) is 1.51. The minimum absolute atomic E-state index is 0.317. The Balaban J connectivity index is 2.15. The first-order valence-electron chi connectivity index (χ1n) is 10.0. The van der Waals surface area contributed by atoms with Gasteiger partial charge in [0.25, 0.3) is 0 Å². The zero-order valence-electron chi connectivity index (χ0n) is 16.4. The van der Waals surface area contributed by atoms with Crippen molar-refractivity contribution in [2.24, 2.45) is 0 Å². The van der Waals surface area contributed by atoms with Crippen LogP contribution in [0.15, 0.2) is 10.5 Å². The van der Waals surface area contributed by atoms with E-state index in [-0.39, 0.29) is 0 Å². The predicted molar refractivity (Wildman–Crippen MR) is 105 cm³/mol. The molecule has 0 aromatic carbocycles. The molecule has 1 rings (SSSR count). The van der Waals surface area contributed by atoms with Gasteiger partial charge in [0, 0.05) is 12.8 Å². The zero-order valence-corrected chi connectivity index (χ0v) is 16.4. The quantitative estimate of drug-likeness (QED) is 0.374. The summed E-state index contributed by atoms with van der Waals surface area (Å²) < 4.78 is 6.05. The topological polar surface area (TPSA) is 50.4 Å². The number of allylic oxidation sites excluding steroid dienone is 1. The molecule has 0 aliphatic rings. The van der Waals surface area contributed by atoms with Crippen molar-refractivity contribution in [3.05, 3.63) is 28.7 Å². The maximum absolute atomic E-state index is 10.4. The van der Waals surface area contributed by atoms with Crippen LogP contribution in [0.1, 0.15) is 100 Å². The zero-order chi connectivity index (χ0) is 18.5. The Morgan fingerprint density at radius 1 is 0.960 bits per heavy atom. The van der Waals surface area contributed by atoms with E-state index in [4.69, 9.17) is 9.52 Å². The second kappa shape index (κ2) is 12.8. The van der Waals surface area contributed by atoms with Crippen LogP contribution in [0, 0.1) is 13.8 Å². The number of carboxylic acid groups (broad SMARTS) is 1. The van der Waals surface area contributed by atoms with E-state index in [2.05, 4.69) is 32.9 Å². The third-order valence-electron chi connectivity index (χ3n) is 4.85. The van der Waals surface area contributed by atoms with Gasteiger partial charge < -0.3 is 9.52 Å². The van der Waals surface area contributed by atoms with Gasteiger partial charge in [0.15, 0.2) is 0 Å². The first-order valence-corrected chi connectivity index (χ1v) is 10.0. The molecule has 0 amide bonds. The van der Waals surface area contributed by atoms with Crippen molar-refractivity contribution in [1.82, 2.24) is 0 Å². The normalized spacial score (nSPS) is 11.5. The third kappa shape index (κ3) is 8.94. The molecule has 1 N–H and O–H groups in total. The minimum atomic E-state index is -0.674. The highest BCUT2D eigenvalue weighted by Gasteiger charge is 2.11. The maximum Gasteiger partial charge on any atom is 0.303 e. The summed E-state index contributed by atoms with van der Waals surface area (Å²) in [6.07, 6.45) is 17.2. The van der Waals surface area contributed by atoms with Crippen LogP contribution >= 0.6 is 0 Å². The van der Waals surface area contributed by atoms with E-state index < -0.39 is 5.97 Å². The number of rotatable bonds is 14. The molecule has 0 spiro atoms. The number of carbonyl (C=O) groups is 1. The lowest BCUT2D eigenvalue weighted by atomic mass is 10.0. The average Bonchev–Trinajstić information content (AvgIpc) is 2.84. The first kappa shape index (κ1) is 21.5. The van der Waals surface area contributed by atoms with E-state index in [0.29, 0.717) is 6.42 Å². The monoisotopic (exact) mass is 348 g/mol. The highest BCUT2D eigenvalue weighted by Crippen LogP contribution is 2.24. The van der Waals surface area contributed by atoms with Gasteiger partial charge in [-0.15, -0.1) is 0 Å². The van der Waals surface area contributed by atoms with E-state index in [0.717, 1.165) is 43.6 Å². The molecule has 0 unspecified atom stereocenters. The lowest BCUT2D eigenvalue weighted by Gasteiger charge is -2.02. The van der Waals surface area contributed by atoms with Crippen molar-refractivity contribution < 1.29 is 14.3 Å². The molecule has 1 aromatic heterocycles. The van der Waals surface area contributed by atoms with E-state index in [9.17, 15) is 4.79 Å². The van der Waals surface area contributed by atoms with Gasteiger partial charge >= 0.3 is 5.97 Å². The smallest absolute Gasteiger partial charge is 0.303 e. The van der Waals surface area contributed by atoms with Crippen molar-refractivity contribution in [2.75, 3.05) is 0 Å². The number of hydrogen-bond donors (Lipinski definition) is 1. The summed E-state index contributed by atoms with van der Waals surface area (Å²) in [7, 11) is 0. The number of hydrogen-bond acceptors (Lipinski definition) is 2. The summed E-state index contributed by atoms with van der Waals surface area (Å²) in [6.45, 7) is 6.51. The van der Waals surface area contributed by atoms with Crippen LogP contribution in [-0.2, 0) is 11.2 Å². The Morgan fingerprint density at radius 3 is 2.16 bits per heavy atom. The van der Waals surface area contributed by atoms with Crippen molar-refractivity contribution in [2.45, 2.75) is 97.8 Å². The van der Waals surface area contributed by atoms with Gasteiger partial charge in [-0.3, -0.25) is 4.79 Å². The van der Waals surface area contributed by atoms with Crippen molar-refractivity contribution in [3.8, 4) is 0 Å². The molecule has 0 bridgehead atoms. The van der Waals surface area contributed by atoms with Crippen LogP contribution in [0.25, 0.3) is 6.08 Å². The summed E-state index contributed by atoms with van der Waals surface area (Å²) in [6, 6.07) is 0. The van der Waals surface area contributed by atoms with Crippen LogP contribution in [-0.4, -0.2) is 11.1 Å². The molecule has 1 heterocycles. The van der Waals surface area contributed by atoms with E-state index in [1.54, 1.807) is 0 Å². The first-order chi connectivity index (χ1) is 12.1. The molecule has 0 aliphatic carbocycles. The molecule has 1 aromatic rings. The highest BCUT2D eigenvalue weighted by molar-refractivity contribution is 5.66. The van der Waals surface area contributed by atoms with Gasteiger partial charge in [0.1, 0.15) is 11.5 Å². The fraction of sp³-hybridized carbons (Fsp3) is 0.682. The molecule has 0 radical (unpaired) electrons. The molecule has 0 aliphatic heterocycles. The Hall–Kier alpha value is -1.51. The molecule has 0 fully saturated rings. The standard InChI is InChI=1S/C22H36O3/c1-4-5-12-15-20-18(2)19(3)21(25-20)16-13-10-8-6-7-9-11-14-17-22(23)24/h12,15H,4-11,13-14,16-17H2,1-3H3,(H,23,24)/b15-12+. The maximum atomic E-state index is 10.4. The Labute approximate surface area is 153 Å². The van der Waals surface area contributed by atoms with Gasteiger partial charge in [-0.25, -0.2) is 0 Å². The SMILES string of the molecule is CCC/C=C/c1oc(CCCCCCCCCCC(=O)O)c(C)c1C. The lowest BCUT2D eigenvalue weighted by molar-refractivity contribution is -0.137. The summed E-state index contributed by atoms with van der Waals surface area (Å²) >= 11 is 0. The van der Waals surface area contributed by atoms with Crippen LogP contribution in [0.2, 0.25) is 0 Å². The number of furan rings is 1. The van der Waals surface area contributed by atoms with E-state index in [1.165, 1.54) is 49.7 Å². The molecule has 3 nitrogen and oxygen atoms in total. The van der Waals surface area contributed by atoms with Gasteiger partial charge in [-0.1, -0.05) is 57.9 Å². The van der Waals surface area contributed by atoms with Crippen molar-refractivity contribution >= 4 is 12.0 Å². The molecule has 3 heteroatoms.